The predicted octanol–water partition coefficient (Wildman–Crippen LogP) is 3.73. The summed E-state index contributed by atoms with van der Waals surface area (Å²) in [6, 6.07) is 10.3. The largest absolute Gasteiger partial charge is 0.383 e. The Bertz CT molecular complexity index is 779. The van der Waals surface area contributed by atoms with E-state index in [1.807, 2.05) is 24.3 Å². The second-order valence-electron chi connectivity index (χ2n) is 5.82. The number of fused-ring (bicyclic) bond motifs is 1. The van der Waals surface area contributed by atoms with Crippen LogP contribution in [0, 0.1) is 11.3 Å². The number of nitrogens with zero attached hydrogens (tertiary/aromatic N) is 3. The van der Waals surface area contributed by atoms with Gasteiger partial charge in [0.15, 0.2) is 0 Å². The molecule has 0 bridgehead atoms. The van der Waals surface area contributed by atoms with E-state index < -0.39 is 0 Å². The van der Waals surface area contributed by atoms with E-state index in [1.165, 1.54) is 0 Å². The topological polar surface area (TPSA) is 65.9 Å². The van der Waals surface area contributed by atoms with E-state index in [0.717, 1.165) is 59.3 Å². The average molecular weight is 371 g/mol. The highest BCUT2D eigenvalue weighted by atomic mass is 79.9. The summed E-state index contributed by atoms with van der Waals surface area (Å²) in [7, 11) is 0. The monoisotopic (exact) mass is 370 g/mol. The minimum absolute atomic E-state index is 0.338. The second kappa shape index (κ2) is 6.69. The molecule has 4 nitrogen and oxygen atoms in total. The van der Waals surface area contributed by atoms with Crippen LogP contribution in [0.1, 0.15) is 30.2 Å². The molecule has 0 unspecified atom stereocenters. The highest BCUT2D eigenvalue weighted by Crippen LogP contribution is 2.35. The molecule has 0 radical (unpaired) electrons. The third-order valence-corrected chi connectivity index (χ3v) is 4.72. The van der Waals surface area contributed by atoms with Crippen molar-refractivity contribution in [2.75, 3.05) is 18.8 Å². The maximum absolute atomic E-state index is 9.61. The Hall–Kier alpha value is -1.90. The lowest BCUT2D eigenvalue weighted by Crippen LogP contribution is -2.32. The van der Waals surface area contributed by atoms with Crippen molar-refractivity contribution >= 4 is 21.7 Å². The summed E-state index contributed by atoms with van der Waals surface area (Å²) in [6.07, 6.45) is 2.00. The molecule has 0 atom stereocenters. The number of rotatable bonds is 3. The van der Waals surface area contributed by atoms with E-state index in [4.69, 9.17) is 5.73 Å². The molecule has 1 aliphatic rings. The number of anilines is 1. The van der Waals surface area contributed by atoms with E-state index in [1.54, 1.807) is 0 Å². The van der Waals surface area contributed by atoms with Crippen molar-refractivity contribution < 1.29 is 0 Å². The fourth-order valence-electron chi connectivity index (χ4n) is 3.22. The van der Waals surface area contributed by atoms with E-state index in [0.29, 0.717) is 11.4 Å². The van der Waals surface area contributed by atoms with E-state index in [9.17, 15) is 5.26 Å². The molecule has 23 heavy (non-hydrogen) atoms. The third-order valence-electron chi connectivity index (χ3n) is 4.22. The molecule has 118 valence electrons. The Morgan fingerprint density at radius 2 is 2.26 bits per heavy atom. The van der Waals surface area contributed by atoms with Gasteiger partial charge in [-0.1, -0.05) is 35.0 Å². The number of hydrogen-bond acceptors (Lipinski definition) is 4. The smallest absolute Gasteiger partial charge is 0.142 e. The molecular weight excluding hydrogens is 352 g/mol. The number of nitriles is 1. The summed E-state index contributed by atoms with van der Waals surface area (Å²) < 4.78 is 0.990. The van der Waals surface area contributed by atoms with Gasteiger partial charge in [-0.15, -0.1) is 0 Å². The van der Waals surface area contributed by atoms with Crippen LogP contribution in [-0.2, 0) is 13.0 Å². The fraction of sp³-hybridized carbons (Fsp3) is 0.333. The van der Waals surface area contributed by atoms with Crippen molar-refractivity contribution in [1.82, 2.24) is 9.88 Å². The number of halogens is 1. The molecule has 0 saturated heterocycles. The molecule has 2 heterocycles. The molecule has 3 rings (SSSR count). The van der Waals surface area contributed by atoms with Crippen LogP contribution in [0.25, 0.3) is 11.1 Å². The standard InChI is InChI=1S/C18H19BrN4/c1-2-7-23-8-6-16-15(11-23)17(14(10-20)18(21)22-16)12-4-3-5-13(19)9-12/h3-5,9H,2,6-8,11H2,1H3,(H2,21,22). The molecule has 0 amide bonds. The SMILES string of the molecule is CCCN1CCc2nc(N)c(C#N)c(-c3cccc(Br)c3)c2C1. The van der Waals surface area contributed by atoms with Crippen LogP contribution < -0.4 is 5.73 Å². The fourth-order valence-corrected chi connectivity index (χ4v) is 3.62. The molecule has 0 saturated carbocycles. The van der Waals surface area contributed by atoms with Gasteiger partial charge >= 0.3 is 0 Å². The van der Waals surface area contributed by atoms with Gasteiger partial charge in [0.25, 0.3) is 0 Å². The lowest BCUT2D eigenvalue weighted by atomic mass is 9.91. The number of benzene rings is 1. The Kier molecular flexibility index (Phi) is 4.65. The lowest BCUT2D eigenvalue weighted by molar-refractivity contribution is 0.253. The van der Waals surface area contributed by atoms with Gasteiger partial charge in [0.1, 0.15) is 17.5 Å². The first-order chi connectivity index (χ1) is 11.1. The quantitative estimate of drug-likeness (QED) is 0.893. The Morgan fingerprint density at radius 1 is 1.43 bits per heavy atom. The number of hydrogen-bond donors (Lipinski definition) is 1. The number of nitrogen functional groups attached to an aromatic ring is 1. The number of pyridine rings is 1. The maximum atomic E-state index is 9.61. The summed E-state index contributed by atoms with van der Waals surface area (Å²) >= 11 is 3.52. The van der Waals surface area contributed by atoms with Crippen molar-refractivity contribution in [3.8, 4) is 17.2 Å². The summed E-state index contributed by atoms with van der Waals surface area (Å²) in [5, 5.41) is 9.61. The van der Waals surface area contributed by atoms with Crippen LogP contribution in [0.2, 0.25) is 0 Å². The highest BCUT2D eigenvalue weighted by Gasteiger charge is 2.25. The minimum Gasteiger partial charge on any atom is -0.383 e. The third kappa shape index (κ3) is 3.10. The zero-order valence-corrected chi connectivity index (χ0v) is 14.7. The van der Waals surface area contributed by atoms with Crippen molar-refractivity contribution in [2.45, 2.75) is 26.3 Å². The van der Waals surface area contributed by atoms with Crippen LogP contribution in [0.5, 0.6) is 0 Å². The molecule has 1 aromatic heterocycles. The maximum Gasteiger partial charge on any atom is 0.142 e. The van der Waals surface area contributed by atoms with Crippen molar-refractivity contribution in [3.63, 3.8) is 0 Å². The van der Waals surface area contributed by atoms with E-state index >= 15 is 0 Å². The molecule has 1 aromatic carbocycles. The van der Waals surface area contributed by atoms with E-state index in [-0.39, 0.29) is 0 Å². The Labute approximate surface area is 145 Å². The zero-order chi connectivity index (χ0) is 16.4. The predicted molar refractivity (Wildman–Crippen MR) is 95.8 cm³/mol. The van der Waals surface area contributed by atoms with Crippen molar-refractivity contribution in [2.24, 2.45) is 0 Å². The lowest BCUT2D eigenvalue weighted by Gasteiger charge is -2.30. The summed E-state index contributed by atoms with van der Waals surface area (Å²) in [4.78, 5) is 6.92. The Morgan fingerprint density at radius 3 is 2.96 bits per heavy atom. The van der Waals surface area contributed by atoms with Gasteiger partial charge in [0, 0.05) is 35.2 Å². The van der Waals surface area contributed by atoms with Gasteiger partial charge in [-0.2, -0.15) is 5.26 Å². The van der Waals surface area contributed by atoms with Crippen LogP contribution in [-0.4, -0.2) is 23.0 Å². The summed E-state index contributed by atoms with van der Waals surface area (Å²) in [5.74, 6) is 0.338. The van der Waals surface area contributed by atoms with Crippen LogP contribution >= 0.6 is 15.9 Å². The first kappa shape index (κ1) is 16.0. The molecular formula is C18H19BrN4. The first-order valence-electron chi connectivity index (χ1n) is 7.83. The molecule has 0 fully saturated rings. The van der Waals surface area contributed by atoms with Gasteiger partial charge in [0.05, 0.1) is 0 Å². The van der Waals surface area contributed by atoms with Crippen molar-refractivity contribution in [3.05, 3.63) is 45.6 Å². The minimum atomic E-state index is 0.338. The zero-order valence-electron chi connectivity index (χ0n) is 13.1. The number of aromatic nitrogens is 1. The molecule has 0 spiro atoms. The summed E-state index contributed by atoms with van der Waals surface area (Å²) in [5.41, 5.74) is 10.7. The molecule has 5 heteroatoms. The van der Waals surface area contributed by atoms with Gasteiger partial charge in [-0.05, 0) is 36.2 Å². The van der Waals surface area contributed by atoms with Crippen LogP contribution in [0.15, 0.2) is 28.7 Å². The molecule has 0 aliphatic carbocycles. The Balaban J connectivity index is 2.20. The van der Waals surface area contributed by atoms with Crippen LogP contribution in [0.4, 0.5) is 5.82 Å². The van der Waals surface area contributed by atoms with E-state index in [2.05, 4.69) is 38.8 Å². The highest BCUT2D eigenvalue weighted by molar-refractivity contribution is 9.10. The first-order valence-corrected chi connectivity index (χ1v) is 8.63. The summed E-state index contributed by atoms with van der Waals surface area (Å²) in [6.45, 7) is 5.07. The number of nitrogens with two attached hydrogens (primary N) is 1. The molecule has 2 aromatic rings. The van der Waals surface area contributed by atoms with Gasteiger partial charge in [-0.3, -0.25) is 4.90 Å². The molecule has 1 aliphatic heterocycles. The normalized spacial score (nSPS) is 14.3. The second-order valence-corrected chi connectivity index (χ2v) is 6.74. The van der Waals surface area contributed by atoms with Gasteiger partial charge in [-0.25, -0.2) is 4.98 Å². The molecule has 2 N–H and O–H groups in total. The van der Waals surface area contributed by atoms with Gasteiger partial charge < -0.3 is 5.73 Å². The van der Waals surface area contributed by atoms with Gasteiger partial charge in [0.2, 0.25) is 0 Å². The average Bonchev–Trinajstić information content (AvgIpc) is 2.54. The van der Waals surface area contributed by atoms with Crippen LogP contribution in [0.3, 0.4) is 0 Å². The van der Waals surface area contributed by atoms with Crippen molar-refractivity contribution in [1.29, 1.82) is 5.26 Å².